The maximum Gasteiger partial charge on any atom is 0.410 e. The Morgan fingerprint density at radius 1 is 1.12 bits per heavy atom. The van der Waals surface area contributed by atoms with Crippen molar-refractivity contribution in [2.24, 2.45) is 0 Å². The number of rotatable bonds is 10. The molecule has 1 aliphatic rings. The van der Waals surface area contributed by atoms with Gasteiger partial charge in [-0.05, 0) is 84.9 Å². The number of furan rings is 1. The van der Waals surface area contributed by atoms with Gasteiger partial charge >= 0.3 is 12.1 Å². The Morgan fingerprint density at radius 3 is 2.58 bits per heavy atom. The SMILES string of the molecule is CSCCC(NC(=O)C1=C(c2ccccc2C)CN(C(=O)OCc2ccc(-c3ccc(Cl)cc3)o2)CC1)C(=O)O. The number of carbonyl (C=O) groups excluding carboxylic acids is 2. The third kappa shape index (κ3) is 7.28. The summed E-state index contributed by atoms with van der Waals surface area (Å²) in [5.74, 6) is 0.245. The van der Waals surface area contributed by atoms with Crippen LogP contribution in [0.25, 0.3) is 16.9 Å². The van der Waals surface area contributed by atoms with E-state index >= 15 is 0 Å². The number of halogens is 1. The molecule has 0 spiro atoms. The summed E-state index contributed by atoms with van der Waals surface area (Å²) in [6, 6.07) is 17.4. The van der Waals surface area contributed by atoms with Gasteiger partial charge in [-0.2, -0.15) is 11.8 Å². The summed E-state index contributed by atoms with van der Waals surface area (Å²) in [6.07, 6.45) is 1.94. The lowest BCUT2D eigenvalue weighted by Crippen LogP contribution is -2.44. The minimum Gasteiger partial charge on any atom is -0.480 e. The molecule has 40 heavy (non-hydrogen) atoms. The lowest BCUT2D eigenvalue weighted by Gasteiger charge is -2.31. The summed E-state index contributed by atoms with van der Waals surface area (Å²) in [7, 11) is 0. The Bertz CT molecular complexity index is 1400. The summed E-state index contributed by atoms with van der Waals surface area (Å²) in [5, 5.41) is 12.9. The number of ether oxygens (including phenoxy) is 1. The van der Waals surface area contributed by atoms with Crippen LogP contribution < -0.4 is 5.32 Å². The highest BCUT2D eigenvalue weighted by Crippen LogP contribution is 2.30. The van der Waals surface area contributed by atoms with Gasteiger partial charge in [0, 0.05) is 22.7 Å². The molecule has 1 aromatic heterocycles. The van der Waals surface area contributed by atoms with E-state index in [1.165, 1.54) is 11.8 Å². The van der Waals surface area contributed by atoms with Gasteiger partial charge in [-0.1, -0.05) is 35.9 Å². The van der Waals surface area contributed by atoms with Crippen LogP contribution in [0.3, 0.4) is 0 Å². The minimum atomic E-state index is -1.07. The van der Waals surface area contributed by atoms with Gasteiger partial charge in [0.25, 0.3) is 0 Å². The first-order valence-corrected chi connectivity index (χ1v) is 14.6. The number of benzene rings is 2. The third-order valence-electron chi connectivity index (χ3n) is 6.69. The van der Waals surface area contributed by atoms with Crippen LogP contribution >= 0.6 is 23.4 Å². The van der Waals surface area contributed by atoms with Crippen molar-refractivity contribution < 1.29 is 28.6 Å². The average molecular weight is 583 g/mol. The summed E-state index contributed by atoms with van der Waals surface area (Å²) in [6.45, 7) is 2.30. The largest absolute Gasteiger partial charge is 0.480 e. The van der Waals surface area contributed by atoms with Gasteiger partial charge in [0.1, 0.15) is 17.6 Å². The van der Waals surface area contributed by atoms with Gasteiger partial charge in [0.2, 0.25) is 5.91 Å². The molecule has 2 aromatic carbocycles. The van der Waals surface area contributed by atoms with Gasteiger partial charge in [0.15, 0.2) is 6.61 Å². The molecule has 0 radical (unpaired) electrons. The number of carboxylic acids is 1. The normalized spacial score (nSPS) is 14.1. The Morgan fingerprint density at radius 2 is 1.88 bits per heavy atom. The van der Waals surface area contributed by atoms with Crippen molar-refractivity contribution in [3.8, 4) is 11.3 Å². The van der Waals surface area contributed by atoms with E-state index in [1.54, 1.807) is 29.2 Å². The number of nitrogens with zero attached hydrogens (tertiary/aromatic N) is 1. The van der Waals surface area contributed by atoms with Crippen molar-refractivity contribution in [2.75, 3.05) is 25.1 Å². The number of carboxylic acid groups (broad SMARTS) is 1. The van der Waals surface area contributed by atoms with Crippen LogP contribution in [0.5, 0.6) is 0 Å². The van der Waals surface area contributed by atoms with E-state index in [0.29, 0.717) is 39.9 Å². The molecule has 2 heterocycles. The molecule has 2 N–H and O–H groups in total. The second kappa shape index (κ2) is 13.6. The van der Waals surface area contributed by atoms with Crippen LogP contribution in [0.15, 0.2) is 70.7 Å². The van der Waals surface area contributed by atoms with Crippen molar-refractivity contribution in [2.45, 2.75) is 32.4 Å². The molecule has 10 heteroatoms. The fourth-order valence-electron chi connectivity index (χ4n) is 4.52. The molecule has 0 saturated carbocycles. The highest BCUT2D eigenvalue weighted by Gasteiger charge is 2.30. The molecular formula is C30H31ClN2O6S. The van der Waals surface area contributed by atoms with Crippen molar-refractivity contribution in [3.05, 3.63) is 88.1 Å². The fourth-order valence-corrected chi connectivity index (χ4v) is 5.11. The van der Waals surface area contributed by atoms with E-state index in [1.807, 2.05) is 49.6 Å². The average Bonchev–Trinajstić information content (AvgIpc) is 3.43. The Balaban J connectivity index is 1.48. The second-order valence-electron chi connectivity index (χ2n) is 9.42. The Hall–Kier alpha value is -3.69. The van der Waals surface area contributed by atoms with E-state index in [-0.39, 0.29) is 26.1 Å². The van der Waals surface area contributed by atoms with Crippen molar-refractivity contribution in [3.63, 3.8) is 0 Å². The number of nitrogens with one attached hydrogen (secondary N) is 1. The van der Waals surface area contributed by atoms with Gasteiger partial charge in [-0.3, -0.25) is 4.79 Å². The molecule has 1 aliphatic heterocycles. The zero-order valence-electron chi connectivity index (χ0n) is 22.3. The summed E-state index contributed by atoms with van der Waals surface area (Å²) >= 11 is 7.48. The first kappa shape index (κ1) is 29.3. The maximum absolute atomic E-state index is 13.3. The van der Waals surface area contributed by atoms with Crippen LogP contribution in [-0.2, 0) is 20.9 Å². The molecule has 0 fully saturated rings. The van der Waals surface area contributed by atoms with Gasteiger partial charge < -0.3 is 24.5 Å². The monoisotopic (exact) mass is 582 g/mol. The van der Waals surface area contributed by atoms with Crippen LogP contribution in [0.4, 0.5) is 4.79 Å². The van der Waals surface area contributed by atoms with Crippen molar-refractivity contribution in [1.82, 2.24) is 10.2 Å². The standard InChI is InChI=1S/C30H31ClN2O6S/c1-19-5-3-4-6-23(19)25-17-33(15-13-24(25)28(34)32-26(29(35)36)14-16-40-2)30(37)38-18-22-11-12-27(39-22)20-7-9-21(31)10-8-20/h3-12,26H,13-18H2,1-2H3,(H,32,34)(H,35,36). The number of thioether (sulfide) groups is 1. The lowest BCUT2D eigenvalue weighted by atomic mass is 9.90. The maximum atomic E-state index is 13.3. The summed E-state index contributed by atoms with van der Waals surface area (Å²) < 4.78 is 11.4. The third-order valence-corrected chi connectivity index (χ3v) is 7.59. The van der Waals surface area contributed by atoms with E-state index < -0.39 is 24.0 Å². The number of hydrogen-bond donors (Lipinski definition) is 2. The summed E-state index contributed by atoms with van der Waals surface area (Å²) in [4.78, 5) is 39.6. The molecule has 1 atom stereocenters. The fraction of sp³-hybridized carbons (Fsp3) is 0.300. The Kier molecular flexibility index (Phi) is 9.95. The predicted octanol–water partition coefficient (Wildman–Crippen LogP) is 6.03. The molecule has 8 nitrogen and oxygen atoms in total. The van der Waals surface area contributed by atoms with Crippen LogP contribution in [0.1, 0.15) is 29.7 Å². The lowest BCUT2D eigenvalue weighted by molar-refractivity contribution is -0.141. The quantitative estimate of drug-likeness (QED) is 0.300. The predicted molar refractivity (Wildman–Crippen MR) is 156 cm³/mol. The number of aryl methyl sites for hydroxylation is 1. The number of amides is 2. The second-order valence-corrected chi connectivity index (χ2v) is 10.8. The van der Waals surface area contributed by atoms with Crippen LogP contribution in [-0.4, -0.2) is 59.1 Å². The Labute approximate surface area is 242 Å². The molecular weight excluding hydrogens is 552 g/mol. The number of hydrogen-bond acceptors (Lipinski definition) is 6. The topological polar surface area (TPSA) is 109 Å². The van der Waals surface area contributed by atoms with Crippen LogP contribution in [0.2, 0.25) is 5.02 Å². The zero-order valence-corrected chi connectivity index (χ0v) is 23.9. The molecule has 1 unspecified atom stereocenters. The zero-order chi connectivity index (χ0) is 28.6. The number of carbonyl (C=O) groups is 3. The van der Waals surface area contributed by atoms with E-state index in [0.717, 1.165) is 16.7 Å². The van der Waals surface area contributed by atoms with Crippen LogP contribution in [0, 0.1) is 6.92 Å². The van der Waals surface area contributed by atoms with Crippen molar-refractivity contribution in [1.29, 1.82) is 0 Å². The first-order chi connectivity index (χ1) is 19.3. The van der Waals surface area contributed by atoms with Crippen molar-refractivity contribution >= 4 is 46.9 Å². The highest BCUT2D eigenvalue weighted by atomic mass is 35.5. The van der Waals surface area contributed by atoms with Gasteiger partial charge in [0.05, 0.1) is 6.54 Å². The van der Waals surface area contributed by atoms with E-state index in [4.69, 9.17) is 20.8 Å². The minimum absolute atomic E-state index is 0.0462. The summed E-state index contributed by atoms with van der Waals surface area (Å²) in [5.41, 5.74) is 3.79. The molecule has 4 rings (SSSR count). The molecule has 0 saturated heterocycles. The molecule has 3 aromatic rings. The van der Waals surface area contributed by atoms with Gasteiger partial charge in [-0.25, -0.2) is 9.59 Å². The van der Waals surface area contributed by atoms with Gasteiger partial charge in [-0.15, -0.1) is 0 Å². The molecule has 2 amide bonds. The smallest absolute Gasteiger partial charge is 0.410 e. The highest BCUT2D eigenvalue weighted by molar-refractivity contribution is 7.98. The van der Waals surface area contributed by atoms with E-state index in [9.17, 15) is 19.5 Å². The molecule has 0 aliphatic carbocycles. The molecule has 0 bridgehead atoms. The molecule has 210 valence electrons. The number of aliphatic carboxylic acids is 1. The van der Waals surface area contributed by atoms with E-state index in [2.05, 4.69) is 5.32 Å². The first-order valence-electron chi connectivity index (χ1n) is 12.8.